The Bertz CT molecular complexity index is 623. The third kappa shape index (κ3) is 2.12. The van der Waals surface area contributed by atoms with Gasteiger partial charge < -0.3 is 5.11 Å². The van der Waals surface area contributed by atoms with Crippen LogP contribution in [0.25, 0.3) is 10.8 Å². The van der Waals surface area contributed by atoms with E-state index in [1.807, 2.05) is 25.1 Å². The van der Waals surface area contributed by atoms with Gasteiger partial charge in [-0.15, -0.1) is 0 Å². The fraction of sp³-hybridized carbons (Fsp3) is 0.353. The van der Waals surface area contributed by atoms with Gasteiger partial charge in [0.05, 0.1) is 5.41 Å². The van der Waals surface area contributed by atoms with E-state index in [0.29, 0.717) is 12.3 Å². The van der Waals surface area contributed by atoms with Crippen LogP contribution in [-0.4, -0.2) is 11.1 Å². The van der Waals surface area contributed by atoms with Crippen molar-refractivity contribution in [3.63, 3.8) is 0 Å². The molecule has 2 aromatic rings. The summed E-state index contributed by atoms with van der Waals surface area (Å²) in [5, 5.41) is 11.9. The zero-order valence-electron chi connectivity index (χ0n) is 11.1. The van der Waals surface area contributed by atoms with Gasteiger partial charge in [-0.3, -0.25) is 4.79 Å². The number of carboxylic acids is 1. The standard InChI is InChI=1S/C17H18O2/c1-17(16(18)19,14-9-10-14)11-13-7-4-6-12-5-2-3-8-15(12)13/h2-8,14H,9-11H2,1H3,(H,18,19). The Hall–Kier alpha value is -1.83. The number of carboxylic acid groups (broad SMARTS) is 1. The molecule has 2 heteroatoms. The molecule has 1 aliphatic rings. The predicted molar refractivity (Wildman–Crippen MR) is 76.1 cm³/mol. The van der Waals surface area contributed by atoms with E-state index >= 15 is 0 Å². The molecule has 19 heavy (non-hydrogen) atoms. The summed E-state index contributed by atoms with van der Waals surface area (Å²) in [7, 11) is 0. The van der Waals surface area contributed by atoms with Crippen LogP contribution in [0, 0.1) is 11.3 Å². The van der Waals surface area contributed by atoms with Gasteiger partial charge in [-0.1, -0.05) is 42.5 Å². The first-order valence-electron chi connectivity index (χ1n) is 6.81. The van der Waals surface area contributed by atoms with Gasteiger partial charge >= 0.3 is 5.97 Å². The molecule has 1 aliphatic carbocycles. The summed E-state index contributed by atoms with van der Waals surface area (Å²) in [6, 6.07) is 14.4. The molecule has 0 amide bonds. The van der Waals surface area contributed by atoms with Crippen LogP contribution in [0.15, 0.2) is 42.5 Å². The highest BCUT2D eigenvalue weighted by molar-refractivity contribution is 5.86. The van der Waals surface area contributed by atoms with E-state index in [2.05, 4.69) is 24.3 Å². The van der Waals surface area contributed by atoms with Gasteiger partial charge in [-0.2, -0.15) is 0 Å². The van der Waals surface area contributed by atoms with Crippen molar-refractivity contribution < 1.29 is 9.90 Å². The molecule has 1 N–H and O–H groups in total. The smallest absolute Gasteiger partial charge is 0.309 e. The molecule has 0 aliphatic heterocycles. The van der Waals surface area contributed by atoms with Crippen LogP contribution in [0.2, 0.25) is 0 Å². The summed E-state index contributed by atoms with van der Waals surface area (Å²) in [4.78, 5) is 11.6. The number of aliphatic carboxylic acids is 1. The van der Waals surface area contributed by atoms with E-state index < -0.39 is 11.4 Å². The van der Waals surface area contributed by atoms with E-state index in [4.69, 9.17) is 0 Å². The number of hydrogen-bond donors (Lipinski definition) is 1. The van der Waals surface area contributed by atoms with Gasteiger partial charge in [-0.05, 0) is 48.4 Å². The molecule has 1 fully saturated rings. The fourth-order valence-electron chi connectivity index (χ4n) is 2.96. The van der Waals surface area contributed by atoms with Crippen molar-refractivity contribution in [2.75, 3.05) is 0 Å². The lowest BCUT2D eigenvalue weighted by molar-refractivity contribution is -0.149. The Balaban J connectivity index is 2.03. The van der Waals surface area contributed by atoms with E-state index in [1.54, 1.807) is 0 Å². The first-order chi connectivity index (χ1) is 9.11. The molecule has 1 saturated carbocycles. The number of benzene rings is 2. The van der Waals surface area contributed by atoms with Crippen LogP contribution >= 0.6 is 0 Å². The van der Waals surface area contributed by atoms with Crippen molar-refractivity contribution in [1.82, 2.24) is 0 Å². The topological polar surface area (TPSA) is 37.3 Å². The number of fused-ring (bicyclic) bond motifs is 1. The Morgan fingerprint density at radius 2 is 1.89 bits per heavy atom. The maximum Gasteiger partial charge on any atom is 0.309 e. The molecule has 98 valence electrons. The van der Waals surface area contributed by atoms with E-state index in [1.165, 1.54) is 10.8 Å². The van der Waals surface area contributed by atoms with Crippen LogP contribution in [0.4, 0.5) is 0 Å². The molecule has 1 atom stereocenters. The van der Waals surface area contributed by atoms with Crippen LogP contribution < -0.4 is 0 Å². The summed E-state index contributed by atoms with van der Waals surface area (Å²) >= 11 is 0. The van der Waals surface area contributed by atoms with Crippen molar-refractivity contribution in [2.45, 2.75) is 26.2 Å². The molecular formula is C17H18O2. The largest absolute Gasteiger partial charge is 0.481 e. The molecule has 2 nitrogen and oxygen atoms in total. The highest BCUT2D eigenvalue weighted by atomic mass is 16.4. The van der Waals surface area contributed by atoms with Crippen molar-refractivity contribution >= 4 is 16.7 Å². The second-order valence-electron chi connectivity index (χ2n) is 5.81. The van der Waals surface area contributed by atoms with E-state index in [9.17, 15) is 9.90 Å². The molecule has 0 bridgehead atoms. The van der Waals surface area contributed by atoms with Gasteiger partial charge in [0.1, 0.15) is 0 Å². The normalized spacial score (nSPS) is 18.2. The van der Waals surface area contributed by atoms with Crippen LogP contribution in [0.5, 0.6) is 0 Å². The van der Waals surface area contributed by atoms with Gasteiger partial charge in [0.2, 0.25) is 0 Å². The summed E-state index contributed by atoms with van der Waals surface area (Å²) < 4.78 is 0. The van der Waals surface area contributed by atoms with Gasteiger partial charge in [0.25, 0.3) is 0 Å². The molecule has 2 aromatic carbocycles. The van der Waals surface area contributed by atoms with Crippen LogP contribution in [-0.2, 0) is 11.2 Å². The van der Waals surface area contributed by atoms with Gasteiger partial charge in [-0.25, -0.2) is 0 Å². The van der Waals surface area contributed by atoms with Crippen LogP contribution in [0.1, 0.15) is 25.3 Å². The Morgan fingerprint density at radius 3 is 2.58 bits per heavy atom. The van der Waals surface area contributed by atoms with Gasteiger partial charge in [0.15, 0.2) is 0 Å². The Kier molecular flexibility index (Phi) is 2.81. The first-order valence-corrected chi connectivity index (χ1v) is 6.81. The van der Waals surface area contributed by atoms with E-state index in [0.717, 1.165) is 18.4 Å². The van der Waals surface area contributed by atoms with Crippen molar-refractivity contribution in [1.29, 1.82) is 0 Å². The van der Waals surface area contributed by atoms with Crippen molar-refractivity contribution in [3.05, 3.63) is 48.0 Å². The van der Waals surface area contributed by atoms with E-state index in [-0.39, 0.29) is 0 Å². The Morgan fingerprint density at radius 1 is 1.21 bits per heavy atom. The molecule has 0 aromatic heterocycles. The van der Waals surface area contributed by atoms with Crippen molar-refractivity contribution in [2.24, 2.45) is 11.3 Å². The summed E-state index contributed by atoms with van der Waals surface area (Å²) in [6.45, 7) is 1.90. The molecule has 0 heterocycles. The monoisotopic (exact) mass is 254 g/mol. The lowest BCUT2D eigenvalue weighted by Crippen LogP contribution is -2.32. The molecule has 0 spiro atoms. The lowest BCUT2D eigenvalue weighted by atomic mass is 9.78. The minimum atomic E-state index is -0.664. The second kappa shape index (κ2) is 4.37. The summed E-state index contributed by atoms with van der Waals surface area (Å²) in [5.41, 5.74) is 0.527. The first kappa shape index (κ1) is 12.2. The molecule has 1 unspecified atom stereocenters. The molecular weight excluding hydrogens is 236 g/mol. The molecule has 3 rings (SSSR count). The molecule has 0 radical (unpaired) electrons. The summed E-state index contributed by atoms with van der Waals surface area (Å²) in [5.74, 6) is -0.327. The van der Waals surface area contributed by atoms with Crippen molar-refractivity contribution in [3.8, 4) is 0 Å². The lowest BCUT2D eigenvalue weighted by Gasteiger charge is -2.25. The minimum absolute atomic E-state index is 0.337. The number of carbonyl (C=O) groups is 1. The SMILES string of the molecule is CC(Cc1cccc2ccccc12)(C(=O)O)C1CC1. The average molecular weight is 254 g/mol. The number of rotatable bonds is 4. The third-order valence-corrected chi connectivity index (χ3v) is 4.40. The zero-order chi connectivity index (χ0) is 13.5. The molecule has 0 saturated heterocycles. The predicted octanol–water partition coefficient (Wildman–Crippen LogP) is 3.88. The second-order valence-corrected chi connectivity index (χ2v) is 5.81. The highest BCUT2D eigenvalue weighted by Crippen LogP contribution is 2.48. The highest BCUT2D eigenvalue weighted by Gasteiger charge is 2.47. The number of hydrogen-bond acceptors (Lipinski definition) is 1. The quantitative estimate of drug-likeness (QED) is 0.899. The maximum atomic E-state index is 11.6. The Labute approximate surface area is 113 Å². The third-order valence-electron chi connectivity index (χ3n) is 4.40. The van der Waals surface area contributed by atoms with Crippen LogP contribution in [0.3, 0.4) is 0 Å². The maximum absolute atomic E-state index is 11.6. The minimum Gasteiger partial charge on any atom is -0.481 e. The van der Waals surface area contributed by atoms with Gasteiger partial charge in [0, 0.05) is 0 Å². The zero-order valence-corrected chi connectivity index (χ0v) is 11.1. The summed E-state index contributed by atoms with van der Waals surface area (Å²) in [6.07, 6.45) is 2.72. The average Bonchev–Trinajstić information content (AvgIpc) is 3.23. The fourth-order valence-corrected chi connectivity index (χ4v) is 2.96.